The zero-order valence-electron chi connectivity index (χ0n) is 10.1. The van der Waals surface area contributed by atoms with Crippen LogP contribution in [0.2, 0.25) is 0 Å². The molecular weight excluding hydrogens is 204 g/mol. The molecule has 0 spiro atoms. The molecule has 0 aliphatic heterocycles. The van der Waals surface area contributed by atoms with Gasteiger partial charge >= 0.3 is 0 Å². The number of benzene rings is 1. The lowest BCUT2D eigenvalue weighted by Gasteiger charge is -2.19. The molecule has 1 aliphatic rings. The highest BCUT2D eigenvalue weighted by molar-refractivity contribution is 6.02. The molecule has 0 fully saturated rings. The maximum atomic E-state index is 11.9. The Labute approximate surface area is 95.4 Å². The number of Topliss-reactive ketones (excluding diaryl/α,β-unsaturated/α-hetero) is 1. The van der Waals surface area contributed by atoms with Crippen molar-refractivity contribution < 1.29 is 14.3 Å². The van der Waals surface area contributed by atoms with Gasteiger partial charge in [-0.2, -0.15) is 0 Å². The van der Waals surface area contributed by atoms with Crippen LogP contribution in [0.4, 0.5) is 0 Å². The summed E-state index contributed by atoms with van der Waals surface area (Å²) in [5, 5.41) is 0. The average molecular weight is 220 g/mol. The van der Waals surface area contributed by atoms with E-state index in [1.807, 2.05) is 6.07 Å². The van der Waals surface area contributed by atoms with Crippen molar-refractivity contribution in [3.05, 3.63) is 23.3 Å². The molecule has 1 aromatic rings. The second-order valence-electron chi connectivity index (χ2n) is 4.74. The Hall–Kier alpha value is -1.51. The fourth-order valence-corrected chi connectivity index (χ4v) is 2.26. The SMILES string of the molecule is COc1cc2c(cc1OC)C(C)(C)CC2=O. The molecule has 0 atom stereocenters. The Morgan fingerprint density at radius 3 is 2.25 bits per heavy atom. The van der Waals surface area contributed by atoms with Gasteiger partial charge in [-0.1, -0.05) is 13.8 Å². The van der Waals surface area contributed by atoms with Gasteiger partial charge in [0.25, 0.3) is 0 Å². The lowest BCUT2D eigenvalue weighted by Crippen LogP contribution is -2.12. The Morgan fingerprint density at radius 2 is 1.69 bits per heavy atom. The molecule has 3 heteroatoms. The molecule has 3 nitrogen and oxygen atoms in total. The van der Waals surface area contributed by atoms with Crippen LogP contribution in [0.1, 0.15) is 36.2 Å². The number of rotatable bonds is 2. The first-order chi connectivity index (χ1) is 7.49. The third kappa shape index (κ3) is 1.47. The van der Waals surface area contributed by atoms with Crippen molar-refractivity contribution in [1.29, 1.82) is 0 Å². The summed E-state index contributed by atoms with van der Waals surface area (Å²) >= 11 is 0. The number of hydrogen-bond acceptors (Lipinski definition) is 3. The van der Waals surface area contributed by atoms with Crippen molar-refractivity contribution >= 4 is 5.78 Å². The van der Waals surface area contributed by atoms with Crippen molar-refractivity contribution in [3.8, 4) is 11.5 Å². The number of methoxy groups -OCH3 is 2. The normalized spacial score (nSPS) is 17.1. The monoisotopic (exact) mass is 220 g/mol. The van der Waals surface area contributed by atoms with Gasteiger partial charge in [0, 0.05) is 12.0 Å². The van der Waals surface area contributed by atoms with E-state index in [2.05, 4.69) is 13.8 Å². The van der Waals surface area contributed by atoms with Crippen LogP contribution in [0.15, 0.2) is 12.1 Å². The molecule has 1 aliphatic carbocycles. The van der Waals surface area contributed by atoms with Crippen LogP contribution in [0.25, 0.3) is 0 Å². The molecule has 1 aromatic carbocycles. The Kier molecular flexibility index (Phi) is 2.41. The van der Waals surface area contributed by atoms with Crippen LogP contribution in [0.3, 0.4) is 0 Å². The van der Waals surface area contributed by atoms with E-state index in [0.717, 1.165) is 11.1 Å². The molecule has 0 amide bonds. The Morgan fingerprint density at radius 1 is 1.12 bits per heavy atom. The molecule has 0 heterocycles. The number of carbonyl (C=O) groups is 1. The zero-order chi connectivity index (χ0) is 11.9. The van der Waals surface area contributed by atoms with Crippen molar-refractivity contribution in [2.24, 2.45) is 0 Å². The predicted octanol–water partition coefficient (Wildman–Crippen LogP) is 2.57. The highest BCUT2D eigenvalue weighted by Gasteiger charge is 2.36. The quantitative estimate of drug-likeness (QED) is 0.768. The maximum absolute atomic E-state index is 11.9. The second kappa shape index (κ2) is 3.51. The minimum absolute atomic E-state index is 0.105. The van der Waals surface area contributed by atoms with E-state index < -0.39 is 0 Å². The van der Waals surface area contributed by atoms with E-state index in [4.69, 9.17) is 9.47 Å². The molecule has 16 heavy (non-hydrogen) atoms. The number of hydrogen-bond donors (Lipinski definition) is 0. The molecule has 0 saturated heterocycles. The third-order valence-electron chi connectivity index (χ3n) is 3.16. The summed E-state index contributed by atoms with van der Waals surface area (Å²) in [4.78, 5) is 11.9. The Bertz CT molecular complexity index is 447. The second-order valence-corrected chi connectivity index (χ2v) is 4.74. The van der Waals surface area contributed by atoms with Gasteiger partial charge < -0.3 is 9.47 Å². The summed E-state index contributed by atoms with van der Waals surface area (Å²) in [7, 11) is 3.18. The van der Waals surface area contributed by atoms with Crippen LogP contribution in [-0.4, -0.2) is 20.0 Å². The average Bonchev–Trinajstić information content (AvgIpc) is 2.47. The van der Waals surface area contributed by atoms with Gasteiger partial charge in [-0.3, -0.25) is 4.79 Å². The summed E-state index contributed by atoms with van der Waals surface area (Å²) in [5.74, 6) is 1.48. The number of fused-ring (bicyclic) bond motifs is 1. The maximum Gasteiger partial charge on any atom is 0.164 e. The lowest BCUT2D eigenvalue weighted by atomic mass is 9.86. The van der Waals surface area contributed by atoms with E-state index in [0.29, 0.717) is 17.9 Å². The molecule has 0 unspecified atom stereocenters. The highest BCUT2D eigenvalue weighted by atomic mass is 16.5. The first-order valence-corrected chi connectivity index (χ1v) is 5.29. The molecule has 0 saturated carbocycles. The molecule has 2 rings (SSSR count). The van der Waals surface area contributed by atoms with E-state index in [1.54, 1.807) is 20.3 Å². The first-order valence-electron chi connectivity index (χ1n) is 5.29. The van der Waals surface area contributed by atoms with Crippen LogP contribution in [0.5, 0.6) is 11.5 Å². The van der Waals surface area contributed by atoms with Crippen LogP contribution >= 0.6 is 0 Å². The van der Waals surface area contributed by atoms with E-state index in [9.17, 15) is 4.79 Å². The van der Waals surface area contributed by atoms with E-state index >= 15 is 0 Å². The fraction of sp³-hybridized carbons (Fsp3) is 0.462. The topological polar surface area (TPSA) is 35.5 Å². The van der Waals surface area contributed by atoms with Gasteiger partial charge in [-0.05, 0) is 23.1 Å². The van der Waals surface area contributed by atoms with Gasteiger partial charge in [-0.25, -0.2) is 0 Å². The summed E-state index contributed by atoms with van der Waals surface area (Å²) in [6.07, 6.45) is 0.554. The fourth-order valence-electron chi connectivity index (χ4n) is 2.26. The van der Waals surface area contributed by atoms with Crippen molar-refractivity contribution in [2.45, 2.75) is 25.7 Å². The van der Waals surface area contributed by atoms with Gasteiger partial charge in [0.05, 0.1) is 14.2 Å². The van der Waals surface area contributed by atoms with Crippen molar-refractivity contribution in [3.63, 3.8) is 0 Å². The van der Waals surface area contributed by atoms with Gasteiger partial charge in [0.2, 0.25) is 0 Å². The van der Waals surface area contributed by atoms with Crippen LogP contribution < -0.4 is 9.47 Å². The highest BCUT2D eigenvalue weighted by Crippen LogP contribution is 2.43. The summed E-state index contributed by atoms with van der Waals surface area (Å²) in [5.41, 5.74) is 1.71. The minimum Gasteiger partial charge on any atom is -0.493 e. The third-order valence-corrected chi connectivity index (χ3v) is 3.16. The molecule has 86 valence electrons. The molecule has 0 N–H and O–H groups in total. The van der Waals surface area contributed by atoms with E-state index in [1.165, 1.54) is 0 Å². The summed E-state index contributed by atoms with van der Waals surface area (Å²) < 4.78 is 10.5. The van der Waals surface area contributed by atoms with Crippen LogP contribution in [-0.2, 0) is 5.41 Å². The lowest BCUT2D eigenvalue weighted by molar-refractivity contribution is 0.0979. The standard InChI is InChI=1S/C13H16O3/c1-13(2)7-10(14)8-5-11(15-3)12(16-4)6-9(8)13/h5-6H,7H2,1-4H3. The van der Waals surface area contributed by atoms with Gasteiger partial charge in [0.15, 0.2) is 17.3 Å². The smallest absolute Gasteiger partial charge is 0.164 e. The minimum atomic E-state index is -0.105. The largest absolute Gasteiger partial charge is 0.493 e. The number of ketones is 1. The summed E-state index contributed by atoms with van der Waals surface area (Å²) in [6.45, 7) is 4.14. The van der Waals surface area contributed by atoms with Gasteiger partial charge in [0.1, 0.15) is 0 Å². The summed E-state index contributed by atoms with van der Waals surface area (Å²) in [6, 6.07) is 3.70. The van der Waals surface area contributed by atoms with Crippen molar-refractivity contribution in [2.75, 3.05) is 14.2 Å². The predicted molar refractivity (Wildman–Crippen MR) is 61.5 cm³/mol. The van der Waals surface area contributed by atoms with Crippen molar-refractivity contribution in [1.82, 2.24) is 0 Å². The van der Waals surface area contributed by atoms with Gasteiger partial charge in [-0.15, -0.1) is 0 Å². The number of carbonyl (C=O) groups excluding carboxylic acids is 1. The molecule has 0 radical (unpaired) electrons. The van der Waals surface area contributed by atoms with Crippen LogP contribution in [0, 0.1) is 0 Å². The molecular formula is C13H16O3. The Balaban J connectivity index is 2.64. The number of ether oxygens (including phenoxy) is 2. The first kappa shape index (κ1) is 11.0. The zero-order valence-corrected chi connectivity index (χ0v) is 10.1. The molecule has 0 bridgehead atoms. The molecule has 0 aromatic heterocycles. The van der Waals surface area contributed by atoms with E-state index in [-0.39, 0.29) is 11.2 Å².